The van der Waals surface area contributed by atoms with Crippen LogP contribution in [0.3, 0.4) is 0 Å². The quantitative estimate of drug-likeness (QED) is 0.482. The van der Waals surface area contributed by atoms with Gasteiger partial charge in [0.25, 0.3) is 0 Å². The highest BCUT2D eigenvalue weighted by molar-refractivity contribution is 7.84. The molecule has 7 heteroatoms. The van der Waals surface area contributed by atoms with Gasteiger partial charge in [0.1, 0.15) is 5.76 Å². The molecule has 6 nitrogen and oxygen atoms in total. The third-order valence-corrected chi connectivity index (χ3v) is 5.45. The van der Waals surface area contributed by atoms with Crippen LogP contribution < -0.4 is 10.6 Å². The number of aromatic nitrogens is 1. The summed E-state index contributed by atoms with van der Waals surface area (Å²) < 4.78 is 17.7. The van der Waals surface area contributed by atoms with E-state index in [2.05, 4.69) is 34.6 Å². The molecule has 0 aliphatic carbocycles. The maximum Gasteiger partial charge on any atom is 0.191 e. The third kappa shape index (κ3) is 6.82. The molecule has 27 heavy (non-hydrogen) atoms. The number of guanidine groups is 1. The van der Waals surface area contributed by atoms with E-state index in [1.807, 2.05) is 37.3 Å². The minimum absolute atomic E-state index is 0.526. The normalized spacial score (nSPS) is 12.8. The molecular weight excluding hydrogens is 360 g/mol. The van der Waals surface area contributed by atoms with Gasteiger partial charge < -0.3 is 15.2 Å². The lowest BCUT2D eigenvalue weighted by molar-refractivity contribution is 0.380. The van der Waals surface area contributed by atoms with Crippen molar-refractivity contribution in [2.75, 3.05) is 18.8 Å². The lowest BCUT2D eigenvalue weighted by atomic mass is 10.1. The molecule has 0 radical (unpaired) electrons. The SMILES string of the molecule is CCNC(=NCc1c(CC)noc1CC)NCCS(=O)Cc1ccccc1. The Morgan fingerprint density at radius 1 is 1.15 bits per heavy atom. The predicted molar refractivity (Wildman–Crippen MR) is 111 cm³/mol. The van der Waals surface area contributed by atoms with Crippen molar-refractivity contribution in [1.82, 2.24) is 15.8 Å². The van der Waals surface area contributed by atoms with Gasteiger partial charge in [0.15, 0.2) is 5.96 Å². The van der Waals surface area contributed by atoms with Crippen LogP contribution in [0, 0.1) is 0 Å². The fourth-order valence-corrected chi connectivity index (χ4v) is 3.77. The molecule has 1 atom stereocenters. The average Bonchev–Trinajstić information content (AvgIpc) is 3.08. The van der Waals surface area contributed by atoms with Crippen molar-refractivity contribution in [3.63, 3.8) is 0 Å². The molecule has 0 spiro atoms. The minimum Gasteiger partial charge on any atom is -0.361 e. The zero-order chi connectivity index (χ0) is 19.5. The first kappa shape index (κ1) is 21.2. The summed E-state index contributed by atoms with van der Waals surface area (Å²) in [6.07, 6.45) is 1.64. The molecule has 2 aromatic rings. The summed E-state index contributed by atoms with van der Waals surface area (Å²) in [5, 5.41) is 10.6. The summed E-state index contributed by atoms with van der Waals surface area (Å²) in [6.45, 7) is 8.05. The summed E-state index contributed by atoms with van der Waals surface area (Å²) >= 11 is 0. The van der Waals surface area contributed by atoms with Crippen LogP contribution >= 0.6 is 0 Å². The number of benzene rings is 1. The minimum atomic E-state index is -0.905. The first-order valence-corrected chi connectivity index (χ1v) is 11.0. The fourth-order valence-electron chi connectivity index (χ4n) is 2.73. The van der Waals surface area contributed by atoms with Crippen molar-refractivity contribution >= 4 is 16.8 Å². The molecule has 0 amide bonds. The molecule has 1 heterocycles. The third-order valence-electron chi connectivity index (χ3n) is 4.14. The number of rotatable bonds is 10. The van der Waals surface area contributed by atoms with Crippen LogP contribution in [0.4, 0.5) is 0 Å². The van der Waals surface area contributed by atoms with Crippen molar-refractivity contribution in [3.8, 4) is 0 Å². The largest absolute Gasteiger partial charge is 0.361 e. The maximum absolute atomic E-state index is 12.3. The molecule has 1 aromatic carbocycles. The van der Waals surface area contributed by atoms with E-state index in [1.165, 1.54) is 0 Å². The average molecular weight is 391 g/mol. The first-order valence-electron chi connectivity index (χ1n) is 9.55. The van der Waals surface area contributed by atoms with Crippen molar-refractivity contribution in [3.05, 3.63) is 52.9 Å². The summed E-state index contributed by atoms with van der Waals surface area (Å²) in [4.78, 5) is 4.65. The van der Waals surface area contributed by atoms with Gasteiger partial charge in [-0.2, -0.15) is 0 Å². The van der Waals surface area contributed by atoms with Crippen LogP contribution in [0.1, 0.15) is 43.4 Å². The van der Waals surface area contributed by atoms with Gasteiger partial charge in [-0.25, -0.2) is 4.99 Å². The zero-order valence-electron chi connectivity index (χ0n) is 16.5. The van der Waals surface area contributed by atoms with Crippen LogP contribution in [-0.4, -0.2) is 34.2 Å². The smallest absolute Gasteiger partial charge is 0.191 e. The second kappa shape index (κ2) is 11.5. The van der Waals surface area contributed by atoms with Crippen LogP contribution in [0.15, 0.2) is 39.8 Å². The Morgan fingerprint density at radius 2 is 1.93 bits per heavy atom. The highest BCUT2D eigenvalue weighted by Gasteiger charge is 2.13. The lowest BCUT2D eigenvalue weighted by Gasteiger charge is -2.11. The number of aliphatic imine (C=N–C) groups is 1. The molecule has 0 bridgehead atoms. The highest BCUT2D eigenvalue weighted by atomic mass is 32.2. The van der Waals surface area contributed by atoms with Crippen LogP contribution in [0.2, 0.25) is 0 Å². The number of hydrogen-bond donors (Lipinski definition) is 2. The molecule has 1 aromatic heterocycles. The van der Waals surface area contributed by atoms with Crippen LogP contribution in [0.5, 0.6) is 0 Å². The monoisotopic (exact) mass is 390 g/mol. The van der Waals surface area contributed by atoms with Gasteiger partial charge in [0.05, 0.1) is 12.2 Å². The van der Waals surface area contributed by atoms with E-state index in [0.717, 1.165) is 47.9 Å². The van der Waals surface area contributed by atoms with E-state index in [4.69, 9.17) is 4.52 Å². The predicted octanol–water partition coefficient (Wildman–Crippen LogP) is 2.80. The lowest BCUT2D eigenvalue weighted by Crippen LogP contribution is -2.39. The Kier molecular flexibility index (Phi) is 9.04. The summed E-state index contributed by atoms with van der Waals surface area (Å²) in [6, 6.07) is 9.93. The van der Waals surface area contributed by atoms with Gasteiger partial charge in [-0.15, -0.1) is 0 Å². The van der Waals surface area contributed by atoms with Crippen molar-refractivity contribution in [2.45, 2.75) is 45.9 Å². The van der Waals surface area contributed by atoms with Crippen LogP contribution in [-0.2, 0) is 35.9 Å². The van der Waals surface area contributed by atoms with Gasteiger partial charge in [0, 0.05) is 47.4 Å². The van der Waals surface area contributed by atoms with Gasteiger partial charge in [0.2, 0.25) is 0 Å². The summed E-state index contributed by atoms with van der Waals surface area (Å²) in [7, 11) is -0.905. The Balaban J connectivity index is 1.88. The van der Waals surface area contributed by atoms with Gasteiger partial charge in [-0.3, -0.25) is 4.21 Å². The van der Waals surface area contributed by atoms with Gasteiger partial charge in [-0.05, 0) is 18.9 Å². The van der Waals surface area contributed by atoms with E-state index in [0.29, 0.717) is 24.6 Å². The molecule has 1 unspecified atom stereocenters. The van der Waals surface area contributed by atoms with E-state index < -0.39 is 10.8 Å². The highest BCUT2D eigenvalue weighted by Crippen LogP contribution is 2.16. The molecule has 0 aliphatic rings. The van der Waals surface area contributed by atoms with Gasteiger partial charge >= 0.3 is 0 Å². The standard InChI is InChI=1S/C20H30N4O2S/c1-4-18-17(19(5-2)26-24-18)14-23-20(21-6-3)22-12-13-27(25)15-16-10-8-7-9-11-16/h7-11H,4-6,12-15H2,1-3H3,(H2,21,22,23). The number of nitrogens with zero attached hydrogens (tertiary/aromatic N) is 2. The molecular formula is C20H30N4O2S. The Hall–Kier alpha value is -2.15. The molecule has 2 N–H and O–H groups in total. The molecule has 0 saturated heterocycles. The molecule has 0 aliphatic heterocycles. The Labute approximate surface area is 164 Å². The molecule has 0 saturated carbocycles. The maximum atomic E-state index is 12.3. The van der Waals surface area contributed by atoms with E-state index in [1.54, 1.807) is 0 Å². The number of nitrogens with one attached hydrogen (secondary N) is 2. The zero-order valence-corrected chi connectivity index (χ0v) is 17.3. The Morgan fingerprint density at radius 3 is 2.59 bits per heavy atom. The van der Waals surface area contributed by atoms with Crippen LogP contribution in [0.25, 0.3) is 0 Å². The number of hydrogen-bond acceptors (Lipinski definition) is 4. The van der Waals surface area contributed by atoms with Crippen molar-refractivity contribution in [1.29, 1.82) is 0 Å². The van der Waals surface area contributed by atoms with Gasteiger partial charge in [-0.1, -0.05) is 49.3 Å². The molecule has 2 rings (SSSR count). The summed E-state index contributed by atoms with van der Waals surface area (Å²) in [5.41, 5.74) is 3.14. The van der Waals surface area contributed by atoms with Crippen molar-refractivity contribution < 1.29 is 8.73 Å². The fraction of sp³-hybridized carbons (Fsp3) is 0.500. The number of aryl methyl sites for hydroxylation is 2. The second-order valence-corrected chi connectivity index (χ2v) is 7.71. The second-order valence-electron chi connectivity index (χ2n) is 6.13. The Bertz CT molecular complexity index is 722. The van der Waals surface area contributed by atoms with E-state index in [-0.39, 0.29) is 0 Å². The molecule has 0 fully saturated rings. The topological polar surface area (TPSA) is 79.5 Å². The van der Waals surface area contributed by atoms with Crippen molar-refractivity contribution in [2.24, 2.45) is 4.99 Å². The van der Waals surface area contributed by atoms with E-state index >= 15 is 0 Å². The molecule has 148 valence electrons. The van der Waals surface area contributed by atoms with E-state index in [9.17, 15) is 4.21 Å². The summed E-state index contributed by atoms with van der Waals surface area (Å²) in [5.74, 6) is 2.78. The first-order chi connectivity index (χ1) is 13.2.